The first-order valence-electron chi connectivity index (χ1n) is 4.36. The Bertz CT molecular complexity index is 163. The van der Waals surface area contributed by atoms with Crippen molar-refractivity contribution in [3.8, 4) is 0 Å². The Hall–Kier alpha value is -0.280. The molecule has 1 saturated heterocycles. The highest BCUT2D eigenvalue weighted by Crippen LogP contribution is 2.13. The van der Waals surface area contributed by atoms with E-state index in [9.17, 15) is 4.79 Å². The topological polar surface area (TPSA) is 32.3 Å². The van der Waals surface area contributed by atoms with Gasteiger partial charge in [-0.25, -0.2) is 5.01 Å². The minimum absolute atomic E-state index is 0.0449. The Kier molecular flexibility index (Phi) is 3.82. The first-order chi connectivity index (χ1) is 5.74. The van der Waals surface area contributed by atoms with Gasteiger partial charge in [0.1, 0.15) is 5.88 Å². The summed E-state index contributed by atoms with van der Waals surface area (Å²) in [7, 11) is 0. The molecule has 0 radical (unpaired) electrons. The van der Waals surface area contributed by atoms with Gasteiger partial charge in [-0.05, 0) is 19.8 Å². The zero-order valence-electron chi connectivity index (χ0n) is 7.35. The average molecular weight is 191 g/mol. The van der Waals surface area contributed by atoms with Gasteiger partial charge in [-0.3, -0.25) is 10.2 Å². The van der Waals surface area contributed by atoms with Gasteiger partial charge < -0.3 is 0 Å². The fourth-order valence-corrected chi connectivity index (χ4v) is 1.51. The van der Waals surface area contributed by atoms with Crippen LogP contribution in [-0.2, 0) is 4.79 Å². The molecule has 3 nitrogen and oxygen atoms in total. The van der Waals surface area contributed by atoms with Gasteiger partial charge in [0.05, 0.1) is 0 Å². The van der Waals surface area contributed by atoms with Crippen LogP contribution >= 0.6 is 11.6 Å². The SMILES string of the molecule is CC1CCCCN1NC(=O)CCl. The molecule has 1 N–H and O–H groups in total. The molecule has 1 unspecified atom stereocenters. The molecule has 12 heavy (non-hydrogen) atoms. The highest BCUT2D eigenvalue weighted by atomic mass is 35.5. The van der Waals surface area contributed by atoms with Crippen molar-refractivity contribution in [3.05, 3.63) is 0 Å². The lowest BCUT2D eigenvalue weighted by Gasteiger charge is -2.32. The monoisotopic (exact) mass is 190 g/mol. The largest absolute Gasteiger partial charge is 0.288 e. The minimum Gasteiger partial charge on any atom is -0.288 e. The number of nitrogens with one attached hydrogen (secondary N) is 1. The second kappa shape index (κ2) is 4.67. The van der Waals surface area contributed by atoms with Crippen molar-refractivity contribution in [2.75, 3.05) is 12.4 Å². The molecule has 1 fully saturated rings. The average Bonchev–Trinajstić information content (AvgIpc) is 2.09. The summed E-state index contributed by atoms with van der Waals surface area (Å²) in [5.74, 6) is -0.0612. The quantitative estimate of drug-likeness (QED) is 0.663. The number of hydrogen-bond donors (Lipinski definition) is 1. The van der Waals surface area contributed by atoms with Gasteiger partial charge in [0, 0.05) is 12.6 Å². The Balaban J connectivity index is 2.33. The molecule has 0 bridgehead atoms. The fraction of sp³-hybridized carbons (Fsp3) is 0.875. The fourth-order valence-electron chi connectivity index (χ4n) is 1.45. The number of alkyl halides is 1. The molecular weight excluding hydrogens is 176 g/mol. The van der Waals surface area contributed by atoms with Gasteiger partial charge in [0.2, 0.25) is 5.91 Å². The van der Waals surface area contributed by atoms with Crippen molar-refractivity contribution in [2.24, 2.45) is 0 Å². The molecule has 0 aromatic rings. The van der Waals surface area contributed by atoms with E-state index in [-0.39, 0.29) is 11.8 Å². The summed E-state index contributed by atoms with van der Waals surface area (Å²) in [5, 5.41) is 1.98. The lowest BCUT2D eigenvalue weighted by Crippen LogP contribution is -2.50. The number of amides is 1. The predicted molar refractivity (Wildman–Crippen MR) is 48.9 cm³/mol. The van der Waals surface area contributed by atoms with Crippen molar-refractivity contribution < 1.29 is 4.79 Å². The van der Waals surface area contributed by atoms with Crippen molar-refractivity contribution in [3.63, 3.8) is 0 Å². The molecule has 70 valence electrons. The molecular formula is C8H15ClN2O. The summed E-state index contributed by atoms with van der Waals surface area (Å²) < 4.78 is 0. The van der Waals surface area contributed by atoms with Crippen molar-refractivity contribution in [2.45, 2.75) is 32.2 Å². The van der Waals surface area contributed by atoms with E-state index in [1.165, 1.54) is 6.42 Å². The summed E-state index contributed by atoms with van der Waals surface area (Å²) in [4.78, 5) is 10.9. The first-order valence-corrected chi connectivity index (χ1v) is 4.89. The molecule has 1 atom stereocenters. The Morgan fingerprint density at radius 3 is 3.00 bits per heavy atom. The number of hydrazine groups is 1. The van der Waals surface area contributed by atoms with Gasteiger partial charge in [-0.1, -0.05) is 6.42 Å². The number of carbonyl (C=O) groups excluding carboxylic acids is 1. The number of rotatable bonds is 2. The lowest BCUT2D eigenvalue weighted by atomic mass is 10.1. The molecule has 1 heterocycles. The van der Waals surface area contributed by atoms with E-state index in [0.717, 1.165) is 19.4 Å². The number of piperidine rings is 1. The Morgan fingerprint density at radius 1 is 1.67 bits per heavy atom. The van der Waals surface area contributed by atoms with Crippen LogP contribution in [0.3, 0.4) is 0 Å². The molecule has 1 aliphatic heterocycles. The number of carbonyl (C=O) groups is 1. The van der Waals surface area contributed by atoms with Crippen LogP contribution < -0.4 is 5.43 Å². The van der Waals surface area contributed by atoms with E-state index < -0.39 is 0 Å². The van der Waals surface area contributed by atoms with E-state index in [4.69, 9.17) is 11.6 Å². The molecule has 0 aromatic heterocycles. The van der Waals surface area contributed by atoms with Crippen LogP contribution in [0.2, 0.25) is 0 Å². The highest BCUT2D eigenvalue weighted by molar-refractivity contribution is 6.27. The van der Waals surface area contributed by atoms with Crippen LogP contribution in [0, 0.1) is 0 Å². The standard InChI is InChI=1S/C8H15ClN2O/c1-7-4-2-3-5-11(7)10-8(12)6-9/h7H,2-6H2,1H3,(H,10,12). The minimum atomic E-state index is -0.106. The summed E-state index contributed by atoms with van der Waals surface area (Å²) in [6.07, 6.45) is 3.57. The lowest BCUT2D eigenvalue weighted by molar-refractivity contribution is -0.125. The number of nitrogens with zero attached hydrogens (tertiary/aromatic N) is 1. The van der Waals surface area contributed by atoms with Gasteiger partial charge >= 0.3 is 0 Å². The van der Waals surface area contributed by atoms with Crippen molar-refractivity contribution >= 4 is 17.5 Å². The normalized spacial score (nSPS) is 25.3. The maximum Gasteiger partial charge on any atom is 0.249 e. The van der Waals surface area contributed by atoms with E-state index in [1.807, 2.05) is 5.01 Å². The third-order valence-electron chi connectivity index (χ3n) is 2.19. The van der Waals surface area contributed by atoms with Gasteiger partial charge in [0.25, 0.3) is 0 Å². The second-order valence-corrected chi connectivity index (χ2v) is 3.47. The second-order valence-electron chi connectivity index (χ2n) is 3.21. The summed E-state index contributed by atoms with van der Waals surface area (Å²) in [6, 6.07) is 0.450. The zero-order valence-corrected chi connectivity index (χ0v) is 8.10. The summed E-state index contributed by atoms with van der Waals surface area (Å²) in [6.45, 7) is 3.07. The molecule has 0 saturated carbocycles. The van der Waals surface area contributed by atoms with Crippen LogP contribution in [0.25, 0.3) is 0 Å². The van der Waals surface area contributed by atoms with Gasteiger partial charge in [-0.2, -0.15) is 0 Å². The van der Waals surface area contributed by atoms with Crippen LogP contribution in [0.1, 0.15) is 26.2 Å². The smallest absolute Gasteiger partial charge is 0.249 e. The van der Waals surface area contributed by atoms with Crippen molar-refractivity contribution in [1.82, 2.24) is 10.4 Å². The zero-order chi connectivity index (χ0) is 8.97. The van der Waals surface area contributed by atoms with Crippen LogP contribution in [0.5, 0.6) is 0 Å². The van der Waals surface area contributed by atoms with Crippen LogP contribution in [0.15, 0.2) is 0 Å². The molecule has 1 amide bonds. The van der Waals surface area contributed by atoms with E-state index in [2.05, 4.69) is 12.3 Å². The number of hydrogen-bond acceptors (Lipinski definition) is 2. The molecule has 4 heteroatoms. The molecule has 0 aromatic carbocycles. The van der Waals surface area contributed by atoms with E-state index in [1.54, 1.807) is 0 Å². The maximum atomic E-state index is 10.9. The molecule has 0 spiro atoms. The first kappa shape index (κ1) is 9.81. The maximum absolute atomic E-state index is 10.9. The molecule has 1 aliphatic rings. The van der Waals surface area contributed by atoms with E-state index in [0.29, 0.717) is 6.04 Å². The van der Waals surface area contributed by atoms with Crippen LogP contribution in [0.4, 0.5) is 0 Å². The molecule has 0 aliphatic carbocycles. The number of halogens is 1. The predicted octanol–water partition coefficient (Wildman–Crippen LogP) is 1.13. The van der Waals surface area contributed by atoms with Gasteiger partial charge in [-0.15, -0.1) is 11.6 Å². The Labute approximate surface area is 78.0 Å². The third-order valence-corrected chi connectivity index (χ3v) is 2.44. The van der Waals surface area contributed by atoms with E-state index >= 15 is 0 Å². The molecule has 1 rings (SSSR count). The highest BCUT2D eigenvalue weighted by Gasteiger charge is 2.18. The summed E-state index contributed by atoms with van der Waals surface area (Å²) >= 11 is 5.38. The van der Waals surface area contributed by atoms with Crippen LogP contribution in [-0.4, -0.2) is 29.4 Å². The summed E-state index contributed by atoms with van der Waals surface area (Å²) in [5.41, 5.74) is 2.78. The third kappa shape index (κ3) is 2.64. The van der Waals surface area contributed by atoms with Gasteiger partial charge in [0.15, 0.2) is 0 Å². The Morgan fingerprint density at radius 2 is 2.42 bits per heavy atom. The van der Waals surface area contributed by atoms with Crippen molar-refractivity contribution in [1.29, 1.82) is 0 Å².